The van der Waals surface area contributed by atoms with Gasteiger partial charge < -0.3 is 9.73 Å². The Morgan fingerprint density at radius 1 is 1.22 bits per heavy atom. The fraction of sp³-hybridized carbons (Fsp3) is 0.0667. The third-order valence-electron chi connectivity index (χ3n) is 3.40. The Morgan fingerprint density at radius 2 is 2.11 bits per heavy atom. The lowest BCUT2D eigenvalue weighted by atomic mass is 10.0. The molecule has 88 valence electrons. The van der Waals surface area contributed by atoms with Gasteiger partial charge in [0.25, 0.3) is 0 Å². The SMILES string of the molecule is Clc1c2ccccc2cc2oc3c(c12)CNC=C3. The Kier molecular flexibility index (Phi) is 1.97. The Morgan fingerprint density at radius 3 is 3.06 bits per heavy atom. The van der Waals surface area contributed by atoms with Crippen molar-refractivity contribution in [1.82, 2.24) is 5.32 Å². The van der Waals surface area contributed by atoms with Gasteiger partial charge in [-0.1, -0.05) is 35.9 Å². The van der Waals surface area contributed by atoms with Gasteiger partial charge in [0.2, 0.25) is 0 Å². The predicted octanol–water partition coefficient (Wildman–Crippen LogP) is 4.31. The molecular formula is C15H10ClNO. The third-order valence-corrected chi connectivity index (χ3v) is 3.79. The summed E-state index contributed by atoms with van der Waals surface area (Å²) in [6.45, 7) is 0.761. The van der Waals surface area contributed by atoms with Crippen molar-refractivity contribution >= 4 is 39.4 Å². The highest BCUT2D eigenvalue weighted by atomic mass is 35.5. The molecule has 3 heteroatoms. The van der Waals surface area contributed by atoms with Crippen molar-refractivity contribution < 1.29 is 4.42 Å². The van der Waals surface area contributed by atoms with E-state index in [1.54, 1.807) is 0 Å². The average Bonchev–Trinajstić information content (AvgIpc) is 2.77. The van der Waals surface area contributed by atoms with Crippen molar-refractivity contribution in [2.75, 3.05) is 0 Å². The first-order valence-electron chi connectivity index (χ1n) is 5.87. The lowest BCUT2D eigenvalue weighted by Crippen LogP contribution is -2.08. The zero-order chi connectivity index (χ0) is 12.1. The standard InChI is InChI=1S/C15H10ClNO/c16-15-10-4-2-1-3-9(10)7-13-14(15)11-8-17-6-5-12(11)18-13/h1-7,17H,8H2. The zero-order valence-electron chi connectivity index (χ0n) is 9.53. The molecule has 1 aromatic heterocycles. The fourth-order valence-corrected chi connectivity index (χ4v) is 2.93. The predicted molar refractivity (Wildman–Crippen MR) is 74.6 cm³/mol. The zero-order valence-corrected chi connectivity index (χ0v) is 10.3. The van der Waals surface area contributed by atoms with Crippen molar-refractivity contribution in [3.63, 3.8) is 0 Å². The van der Waals surface area contributed by atoms with E-state index >= 15 is 0 Å². The molecule has 0 amide bonds. The average molecular weight is 256 g/mol. The summed E-state index contributed by atoms with van der Waals surface area (Å²) >= 11 is 6.54. The maximum Gasteiger partial charge on any atom is 0.137 e. The second-order valence-corrected chi connectivity index (χ2v) is 4.82. The molecule has 0 aliphatic carbocycles. The smallest absolute Gasteiger partial charge is 0.137 e. The molecule has 0 saturated heterocycles. The first-order chi connectivity index (χ1) is 8.84. The quantitative estimate of drug-likeness (QED) is 0.647. The highest BCUT2D eigenvalue weighted by Crippen LogP contribution is 2.38. The van der Waals surface area contributed by atoms with Crippen molar-refractivity contribution in [1.29, 1.82) is 0 Å². The topological polar surface area (TPSA) is 25.2 Å². The molecule has 0 unspecified atom stereocenters. The van der Waals surface area contributed by atoms with Crippen molar-refractivity contribution in [3.8, 4) is 0 Å². The Balaban J connectivity index is 2.22. The number of furan rings is 1. The molecule has 3 aromatic rings. The highest BCUT2D eigenvalue weighted by molar-refractivity contribution is 6.41. The molecular weight excluding hydrogens is 246 g/mol. The van der Waals surface area contributed by atoms with Crippen LogP contribution in [0.2, 0.25) is 5.02 Å². The van der Waals surface area contributed by atoms with E-state index < -0.39 is 0 Å². The number of hydrogen-bond acceptors (Lipinski definition) is 2. The number of nitrogens with one attached hydrogen (secondary N) is 1. The lowest BCUT2D eigenvalue weighted by molar-refractivity contribution is 0.592. The van der Waals surface area contributed by atoms with Crippen LogP contribution in [0.1, 0.15) is 11.3 Å². The van der Waals surface area contributed by atoms with E-state index in [0.717, 1.165) is 44.6 Å². The van der Waals surface area contributed by atoms with Crippen LogP contribution in [0.15, 0.2) is 40.9 Å². The Labute approximate surface area is 109 Å². The number of benzene rings is 2. The van der Waals surface area contributed by atoms with Crippen LogP contribution in [0, 0.1) is 0 Å². The number of hydrogen-bond donors (Lipinski definition) is 1. The summed E-state index contributed by atoms with van der Waals surface area (Å²) in [5.41, 5.74) is 2.00. The van der Waals surface area contributed by atoms with E-state index in [-0.39, 0.29) is 0 Å². The van der Waals surface area contributed by atoms with E-state index in [2.05, 4.69) is 17.4 Å². The van der Waals surface area contributed by atoms with E-state index in [4.69, 9.17) is 16.0 Å². The second-order valence-electron chi connectivity index (χ2n) is 4.44. The van der Waals surface area contributed by atoms with Gasteiger partial charge >= 0.3 is 0 Å². The first-order valence-corrected chi connectivity index (χ1v) is 6.25. The van der Waals surface area contributed by atoms with Gasteiger partial charge in [-0.2, -0.15) is 0 Å². The maximum absolute atomic E-state index is 6.54. The molecule has 1 N–H and O–H groups in total. The minimum atomic E-state index is 0.761. The van der Waals surface area contributed by atoms with Gasteiger partial charge in [0.1, 0.15) is 11.3 Å². The van der Waals surface area contributed by atoms with Crippen LogP contribution >= 0.6 is 11.6 Å². The molecule has 2 aromatic carbocycles. The highest BCUT2D eigenvalue weighted by Gasteiger charge is 2.18. The molecule has 0 bridgehead atoms. The molecule has 4 rings (SSSR count). The number of rotatable bonds is 0. The summed E-state index contributed by atoms with van der Waals surface area (Å²) in [5, 5.41) is 7.19. The van der Waals surface area contributed by atoms with Gasteiger partial charge in [0, 0.05) is 29.1 Å². The summed E-state index contributed by atoms with van der Waals surface area (Å²) < 4.78 is 5.87. The fourth-order valence-electron chi connectivity index (χ4n) is 2.55. The van der Waals surface area contributed by atoms with Crippen LogP contribution < -0.4 is 5.32 Å². The molecule has 0 fully saturated rings. The Bertz CT molecular complexity index is 801. The van der Waals surface area contributed by atoms with Crippen LogP contribution in [0.25, 0.3) is 27.8 Å². The largest absolute Gasteiger partial charge is 0.456 e. The van der Waals surface area contributed by atoms with Crippen LogP contribution in [0.5, 0.6) is 0 Å². The first kappa shape index (κ1) is 10.0. The molecule has 18 heavy (non-hydrogen) atoms. The molecule has 0 spiro atoms. The van der Waals surface area contributed by atoms with Crippen LogP contribution in [0.3, 0.4) is 0 Å². The molecule has 0 saturated carbocycles. The minimum absolute atomic E-state index is 0.761. The monoisotopic (exact) mass is 255 g/mol. The van der Waals surface area contributed by atoms with Gasteiger partial charge in [-0.05, 0) is 17.5 Å². The second kappa shape index (κ2) is 3.53. The summed E-state index contributed by atoms with van der Waals surface area (Å²) in [4.78, 5) is 0. The molecule has 2 heterocycles. The van der Waals surface area contributed by atoms with Crippen LogP contribution in [0.4, 0.5) is 0 Å². The van der Waals surface area contributed by atoms with E-state index in [0.29, 0.717) is 0 Å². The Hall–Kier alpha value is -1.93. The van der Waals surface area contributed by atoms with Crippen molar-refractivity contribution in [3.05, 3.63) is 52.9 Å². The third kappa shape index (κ3) is 1.24. The normalized spacial score (nSPS) is 13.8. The van der Waals surface area contributed by atoms with Gasteiger partial charge in [0.15, 0.2) is 0 Å². The van der Waals surface area contributed by atoms with Gasteiger partial charge in [0.05, 0.1) is 5.02 Å². The van der Waals surface area contributed by atoms with E-state index in [1.807, 2.05) is 30.5 Å². The molecule has 0 atom stereocenters. The van der Waals surface area contributed by atoms with Gasteiger partial charge in [-0.15, -0.1) is 0 Å². The lowest BCUT2D eigenvalue weighted by Gasteiger charge is -2.07. The summed E-state index contributed by atoms with van der Waals surface area (Å²) in [6, 6.07) is 10.2. The van der Waals surface area contributed by atoms with E-state index in [9.17, 15) is 0 Å². The number of fused-ring (bicyclic) bond motifs is 4. The molecule has 1 aliphatic rings. The minimum Gasteiger partial charge on any atom is -0.456 e. The van der Waals surface area contributed by atoms with Crippen LogP contribution in [-0.4, -0.2) is 0 Å². The van der Waals surface area contributed by atoms with Crippen LogP contribution in [-0.2, 0) is 6.54 Å². The van der Waals surface area contributed by atoms with Gasteiger partial charge in [-0.25, -0.2) is 0 Å². The van der Waals surface area contributed by atoms with Gasteiger partial charge in [-0.3, -0.25) is 0 Å². The molecule has 2 nitrogen and oxygen atoms in total. The van der Waals surface area contributed by atoms with Crippen molar-refractivity contribution in [2.24, 2.45) is 0 Å². The summed E-state index contributed by atoms with van der Waals surface area (Å²) in [5.74, 6) is 0.904. The maximum atomic E-state index is 6.54. The summed E-state index contributed by atoms with van der Waals surface area (Å²) in [7, 11) is 0. The summed E-state index contributed by atoms with van der Waals surface area (Å²) in [6.07, 6.45) is 3.85. The number of halogens is 1. The molecule has 0 radical (unpaired) electrons. The van der Waals surface area contributed by atoms with E-state index in [1.165, 1.54) is 0 Å². The van der Waals surface area contributed by atoms with Crippen molar-refractivity contribution in [2.45, 2.75) is 6.54 Å². The molecule has 1 aliphatic heterocycles.